The fraction of sp³-hybridized carbons (Fsp3) is 0.400. The van der Waals surface area contributed by atoms with Crippen LogP contribution in [-0.2, 0) is 11.3 Å². The van der Waals surface area contributed by atoms with Crippen molar-refractivity contribution in [1.82, 2.24) is 19.8 Å². The van der Waals surface area contributed by atoms with Crippen LogP contribution in [0.4, 0.5) is 5.82 Å². The largest absolute Gasteiger partial charge is 0.353 e. The van der Waals surface area contributed by atoms with Crippen molar-refractivity contribution in [2.75, 3.05) is 38.1 Å². The zero-order valence-corrected chi connectivity index (χ0v) is 16.1. The summed E-state index contributed by atoms with van der Waals surface area (Å²) in [6, 6.07) is 11.6. The first-order valence-electron chi connectivity index (χ1n) is 9.09. The van der Waals surface area contributed by atoms with Gasteiger partial charge in [-0.05, 0) is 12.5 Å². The Labute approximate surface area is 159 Å². The Morgan fingerprint density at radius 3 is 2.37 bits per heavy atom. The van der Waals surface area contributed by atoms with Crippen molar-refractivity contribution in [2.45, 2.75) is 20.4 Å². The number of rotatable bonds is 4. The first kappa shape index (κ1) is 18.8. The molecule has 2 heterocycles. The second kappa shape index (κ2) is 8.16. The maximum absolute atomic E-state index is 12.8. The van der Waals surface area contributed by atoms with Gasteiger partial charge >= 0.3 is 0 Å². The Morgan fingerprint density at radius 2 is 1.74 bits per heavy atom. The summed E-state index contributed by atoms with van der Waals surface area (Å²) in [6.45, 7) is 6.63. The number of benzene rings is 1. The highest BCUT2D eigenvalue weighted by Crippen LogP contribution is 2.17. The first-order chi connectivity index (χ1) is 12.9. The van der Waals surface area contributed by atoms with Gasteiger partial charge in [0.15, 0.2) is 0 Å². The molecule has 1 aromatic carbocycles. The van der Waals surface area contributed by atoms with Gasteiger partial charge in [-0.25, -0.2) is 9.97 Å². The van der Waals surface area contributed by atoms with Crippen LogP contribution in [0.3, 0.4) is 0 Å². The molecule has 0 spiro atoms. The number of aryl methyl sites for hydroxylation is 1. The van der Waals surface area contributed by atoms with Gasteiger partial charge in [0, 0.05) is 52.8 Å². The fourth-order valence-corrected chi connectivity index (χ4v) is 3.20. The van der Waals surface area contributed by atoms with E-state index in [0.29, 0.717) is 44.2 Å². The van der Waals surface area contributed by atoms with Crippen molar-refractivity contribution in [2.24, 2.45) is 0 Å². The molecule has 27 heavy (non-hydrogen) atoms. The third kappa shape index (κ3) is 4.61. The number of nitrogens with zero attached hydrogens (tertiary/aromatic N) is 5. The van der Waals surface area contributed by atoms with E-state index in [4.69, 9.17) is 0 Å². The fourth-order valence-electron chi connectivity index (χ4n) is 3.20. The van der Waals surface area contributed by atoms with Crippen molar-refractivity contribution in [3.8, 4) is 0 Å². The molecule has 0 aliphatic carbocycles. The second-order valence-electron chi connectivity index (χ2n) is 6.80. The highest BCUT2D eigenvalue weighted by atomic mass is 16.2. The van der Waals surface area contributed by atoms with Crippen molar-refractivity contribution < 1.29 is 9.59 Å². The van der Waals surface area contributed by atoms with E-state index in [0.717, 1.165) is 11.4 Å². The number of hydrogen-bond acceptors (Lipinski definition) is 5. The van der Waals surface area contributed by atoms with Crippen LogP contribution in [-0.4, -0.2) is 64.8 Å². The molecule has 0 radical (unpaired) electrons. The zero-order valence-electron chi connectivity index (χ0n) is 16.1. The van der Waals surface area contributed by atoms with Gasteiger partial charge in [-0.1, -0.05) is 30.3 Å². The van der Waals surface area contributed by atoms with Crippen LogP contribution in [0.25, 0.3) is 0 Å². The third-order valence-electron chi connectivity index (χ3n) is 4.70. The monoisotopic (exact) mass is 367 g/mol. The number of carbonyl (C=O) groups excluding carboxylic acids is 2. The average Bonchev–Trinajstić information content (AvgIpc) is 2.67. The minimum Gasteiger partial charge on any atom is -0.353 e. The SMILES string of the molecule is CC(=O)N1CCN(c2cc(C(=O)N(C)Cc3ccccc3)nc(C)n2)CC1. The van der Waals surface area contributed by atoms with Crippen molar-refractivity contribution in [3.63, 3.8) is 0 Å². The summed E-state index contributed by atoms with van der Waals surface area (Å²) in [4.78, 5) is 38.8. The molecule has 1 aliphatic heterocycles. The van der Waals surface area contributed by atoms with Crippen LogP contribution in [0.2, 0.25) is 0 Å². The quantitative estimate of drug-likeness (QED) is 0.823. The Kier molecular flexibility index (Phi) is 5.69. The topological polar surface area (TPSA) is 69.6 Å². The van der Waals surface area contributed by atoms with Gasteiger partial charge in [-0.15, -0.1) is 0 Å². The van der Waals surface area contributed by atoms with Crippen LogP contribution >= 0.6 is 0 Å². The van der Waals surface area contributed by atoms with Crippen LogP contribution in [0, 0.1) is 6.92 Å². The molecule has 7 heteroatoms. The van der Waals surface area contributed by atoms with Crippen LogP contribution in [0.1, 0.15) is 28.8 Å². The standard InChI is InChI=1S/C20H25N5O2/c1-15-21-18(20(27)23(3)14-17-7-5-4-6-8-17)13-19(22-15)25-11-9-24(10-12-25)16(2)26/h4-8,13H,9-12,14H2,1-3H3. The summed E-state index contributed by atoms with van der Waals surface area (Å²) in [5.41, 5.74) is 1.46. The smallest absolute Gasteiger partial charge is 0.272 e. The Bertz CT molecular complexity index is 816. The minimum absolute atomic E-state index is 0.0897. The van der Waals surface area contributed by atoms with E-state index in [1.165, 1.54) is 0 Å². The van der Waals surface area contributed by atoms with Crippen molar-refractivity contribution in [1.29, 1.82) is 0 Å². The molecular weight excluding hydrogens is 342 g/mol. The zero-order chi connectivity index (χ0) is 19.4. The average molecular weight is 367 g/mol. The van der Waals surface area contributed by atoms with E-state index >= 15 is 0 Å². The second-order valence-corrected chi connectivity index (χ2v) is 6.80. The molecule has 0 bridgehead atoms. The van der Waals surface area contributed by atoms with E-state index in [2.05, 4.69) is 14.9 Å². The molecule has 3 rings (SSSR count). The van der Waals surface area contributed by atoms with Gasteiger partial charge in [-0.3, -0.25) is 9.59 Å². The molecule has 0 N–H and O–H groups in total. The lowest BCUT2D eigenvalue weighted by Gasteiger charge is -2.35. The molecule has 142 valence electrons. The lowest BCUT2D eigenvalue weighted by molar-refractivity contribution is -0.129. The van der Waals surface area contributed by atoms with E-state index < -0.39 is 0 Å². The number of carbonyl (C=O) groups is 2. The molecule has 1 aliphatic rings. The normalized spacial score (nSPS) is 14.2. The van der Waals surface area contributed by atoms with Crippen LogP contribution < -0.4 is 4.90 Å². The van der Waals surface area contributed by atoms with Crippen molar-refractivity contribution >= 4 is 17.6 Å². The maximum atomic E-state index is 12.8. The molecule has 1 fully saturated rings. The molecule has 7 nitrogen and oxygen atoms in total. The van der Waals surface area contributed by atoms with Gasteiger partial charge in [0.05, 0.1) is 0 Å². The third-order valence-corrected chi connectivity index (χ3v) is 4.70. The number of amides is 2. The molecule has 0 unspecified atom stereocenters. The lowest BCUT2D eigenvalue weighted by Crippen LogP contribution is -2.48. The molecule has 2 amide bonds. The Balaban J connectivity index is 1.73. The molecule has 0 atom stereocenters. The first-order valence-corrected chi connectivity index (χ1v) is 9.09. The lowest BCUT2D eigenvalue weighted by atomic mass is 10.2. The highest BCUT2D eigenvalue weighted by Gasteiger charge is 2.22. The summed E-state index contributed by atoms with van der Waals surface area (Å²) in [7, 11) is 1.78. The molecule has 0 saturated carbocycles. The van der Waals surface area contributed by atoms with Gasteiger partial charge in [0.25, 0.3) is 5.91 Å². The minimum atomic E-state index is -0.132. The van der Waals surface area contributed by atoms with Gasteiger partial charge in [0.1, 0.15) is 17.3 Å². The van der Waals surface area contributed by atoms with E-state index in [-0.39, 0.29) is 11.8 Å². The van der Waals surface area contributed by atoms with Gasteiger partial charge < -0.3 is 14.7 Å². The van der Waals surface area contributed by atoms with Crippen LogP contribution in [0.15, 0.2) is 36.4 Å². The summed E-state index contributed by atoms with van der Waals surface area (Å²) < 4.78 is 0. The summed E-state index contributed by atoms with van der Waals surface area (Å²) in [5, 5.41) is 0. The molecule has 1 aromatic heterocycles. The summed E-state index contributed by atoms with van der Waals surface area (Å²) in [6.07, 6.45) is 0. The predicted octanol–water partition coefficient (Wildman–Crippen LogP) is 1.73. The van der Waals surface area contributed by atoms with Crippen LogP contribution in [0.5, 0.6) is 0 Å². The van der Waals surface area contributed by atoms with E-state index in [1.54, 1.807) is 31.9 Å². The molecule has 2 aromatic rings. The number of hydrogen-bond donors (Lipinski definition) is 0. The number of aromatic nitrogens is 2. The Hall–Kier alpha value is -2.96. The van der Waals surface area contributed by atoms with Gasteiger partial charge in [0.2, 0.25) is 5.91 Å². The summed E-state index contributed by atoms with van der Waals surface area (Å²) in [5.74, 6) is 1.26. The predicted molar refractivity (Wildman–Crippen MR) is 103 cm³/mol. The van der Waals surface area contributed by atoms with E-state index in [9.17, 15) is 9.59 Å². The van der Waals surface area contributed by atoms with Gasteiger partial charge in [-0.2, -0.15) is 0 Å². The summed E-state index contributed by atoms with van der Waals surface area (Å²) >= 11 is 0. The number of piperazine rings is 1. The Morgan fingerprint density at radius 1 is 1.07 bits per heavy atom. The molecular formula is C20H25N5O2. The number of anilines is 1. The van der Waals surface area contributed by atoms with E-state index in [1.807, 2.05) is 35.2 Å². The highest BCUT2D eigenvalue weighted by molar-refractivity contribution is 5.92. The van der Waals surface area contributed by atoms with Crippen molar-refractivity contribution in [3.05, 3.63) is 53.5 Å². The maximum Gasteiger partial charge on any atom is 0.272 e. The molecule has 1 saturated heterocycles.